The fourth-order valence-electron chi connectivity index (χ4n) is 2.06. The molecule has 0 unspecified atom stereocenters. The van der Waals surface area contributed by atoms with Crippen LogP contribution in [0.5, 0.6) is 5.75 Å². The normalized spacial score (nSPS) is 17.6. The highest BCUT2D eigenvalue weighted by atomic mass is 79.9. The Hall–Kier alpha value is -0.790. The van der Waals surface area contributed by atoms with Crippen molar-refractivity contribution in [3.8, 4) is 5.75 Å². The summed E-state index contributed by atoms with van der Waals surface area (Å²) in [6, 6.07) is 4.40. The first-order chi connectivity index (χ1) is 9.27. The van der Waals surface area contributed by atoms with E-state index in [4.69, 9.17) is 0 Å². The molecule has 1 aromatic carbocycles. The highest BCUT2D eigenvalue weighted by Crippen LogP contribution is 2.32. The molecule has 2 rings (SSSR count). The molecule has 0 bridgehead atoms. The van der Waals surface area contributed by atoms with Gasteiger partial charge in [-0.15, -0.1) is 13.2 Å². The van der Waals surface area contributed by atoms with Gasteiger partial charge in [0, 0.05) is 13.1 Å². The minimum absolute atomic E-state index is 0.247. The second-order valence-electron chi connectivity index (χ2n) is 4.99. The molecule has 1 aromatic rings. The van der Waals surface area contributed by atoms with Crippen molar-refractivity contribution >= 4 is 15.9 Å². The van der Waals surface area contributed by atoms with Gasteiger partial charge in [0.1, 0.15) is 5.75 Å². The van der Waals surface area contributed by atoms with E-state index < -0.39 is 12.0 Å². The predicted octanol–water partition coefficient (Wildman–Crippen LogP) is 3.35. The maximum Gasteiger partial charge on any atom is 0.573 e. The number of halogens is 4. The summed E-state index contributed by atoms with van der Waals surface area (Å²) < 4.78 is 40.5. The van der Waals surface area contributed by atoms with Gasteiger partial charge in [-0.3, -0.25) is 0 Å². The van der Waals surface area contributed by atoms with E-state index in [1.54, 1.807) is 12.1 Å². The highest BCUT2D eigenvalue weighted by Gasteiger charge is 2.34. The van der Waals surface area contributed by atoms with E-state index in [1.165, 1.54) is 6.07 Å². The predicted molar refractivity (Wildman–Crippen MR) is 71.3 cm³/mol. The van der Waals surface area contributed by atoms with Crippen LogP contribution in [0.15, 0.2) is 22.7 Å². The third-order valence-corrected chi connectivity index (χ3v) is 3.91. The fourth-order valence-corrected chi connectivity index (χ4v) is 2.57. The third-order valence-electron chi connectivity index (χ3n) is 3.29. The zero-order valence-corrected chi connectivity index (χ0v) is 12.2. The molecule has 2 N–H and O–H groups in total. The van der Waals surface area contributed by atoms with Crippen molar-refractivity contribution in [3.63, 3.8) is 0 Å². The van der Waals surface area contributed by atoms with Gasteiger partial charge in [0.15, 0.2) is 0 Å². The van der Waals surface area contributed by atoms with Crippen molar-refractivity contribution in [1.29, 1.82) is 0 Å². The summed E-state index contributed by atoms with van der Waals surface area (Å²) in [5, 5.41) is 13.0. The van der Waals surface area contributed by atoms with Gasteiger partial charge >= 0.3 is 6.36 Å². The van der Waals surface area contributed by atoms with Crippen LogP contribution in [-0.4, -0.2) is 23.6 Å². The summed E-state index contributed by atoms with van der Waals surface area (Å²) in [5.74, 6) is -0.265. The Bertz CT molecular complexity index is 475. The smallest absolute Gasteiger partial charge is 0.405 e. The summed E-state index contributed by atoms with van der Waals surface area (Å²) >= 11 is 3.05. The van der Waals surface area contributed by atoms with Crippen LogP contribution in [0, 0.1) is 0 Å². The Balaban J connectivity index is 1.88. The van der Waals surface area contributed by atoms with Crippen LogP contribution < -0.4 is 10.1 Å². The first-order valence-electron chi connectivity index (χ1n) is 6.25. The minimum atomic E-state index is -4.70. The largest absolute Gasteiger partial charge is 0.573 e. The molecular formula is C13H15BrF3NO2. The second-order valence-corrected chi connectivity index (χ2v) is 5.85. The number of ether oxygens (including phenoxy) is 1. The molecule has 112 valence electrons. The van der Waals surface area contributed by atoms with Crippen molar-refractivity contribution in [2.75, 3.05) is 6.54 Å². The van der Waals surface area contributed by atoms with Gasteiger partial charge < -0.3 is 15.2 Å². The van der Waals surface area contributed by atoms with E-state index in [0.29, 0.717) is 13.1 Å². The van der Waals surface area contributed by atoms with E-state index in [-0.39, 0.29) is 10.2 Å². The van der Waals surface area contributed by atoms with Gasteiger partial charge in [0.25, 0.3) is 0 Å². The van der Waals surface area contributed by atoms with Crippen molar-refractivity contribution < 1.29 is 23.0 Å². The molecule has 1 aliphatic rings. The van der Waals surface area contributed by atoms with E-state index in [1.807, 2.05) is 0 Å². The molecule has 0 amide bonds. The molecule has 0 saturated heterocycles. The topological polar surface area (TPSA) is 41.5 Å². The molecule has 20 heavy (non-hydrogen) atoms. The van der Waals surface area contributed by atoms with Crippen LogP contribution in [0.2, 0.25) is 0 Å². The average Bonchev–Trinajstić information content (AvgIpc) is 2.29. The lowest BCUT2D eigenvalue weighted by Crippen LogP contribution is -2.45. The Morgan fingerprint density at radius 2 is 2.05 bits per heavy atom. The number of aliphatic hydroxyl groups is 1. The number of hydrogen-bond donors (Lipinski definition) is 2. The van der Waals surface area contributed by atoms with Crippen molar-refractivity contribution in [2.24, 2.45) is 0 Å². The molecular weight excluding hydrogens is 339 g/mol. The van der Waals surface area contributed by atoms with Gasteiger partial charge in [-0.25, -0.2) is 0 Å². The van der Waals surface area contributed by atoms with Crippen molar-refractivity contribution in [2.45, 2.75) is 37.8 Å². The minimum Gasteiger partial charge on any atom is -0.405 e. The highest BCUT2D eigenvalue weighted by molar-refractivity contribution is 9.10. The molecule has 1 fully saturated rings. The number of benzene rings is 1. The Morgan fingerprint density at radius 1 is 1.35 bits per heavy atom. The molecule has 0 aromatic heterocycles. The van der Waals surface area contributed by atoms with Crippen LogP contribution in [0.4, 0.5) is 13.2 Å². The van der Waals surface area contributed by atoms with Gasteiger partial charge in [-0.1, -0.05) is 6.07 Å². The molecule has 0 aliphatic heterocycles. The number of alkyl halides is 3. The first-order valence-corrected chi connectivity index (χ1v) is 7.04. The fraction of sp³-hybridized carbons (Fsp3) is 0.538. The Kier molecular flexibility index (Phi) is 4.61. The summed E-state index contributed by atoms with van der Waals surface area (Å²) in [6.45, 7) is 0.971. The molecule has 0 heterocycles. The molecule has 0 spiro atoms. The van der Waals surface area contributed by atoms with E-state index in [9.17, 15) is 18.3 Å². The first kappa shape index (κ1) is 15.6. The number of rotatable bonds is 5. The monoisotopic (exact) mass is 353 g/mol. The van der Waals surface area contributed by atoms with Gasteiger partial charge in [0.05, 0.1) is 10.1 Å². The average molecular weight is 354 g/mol. The van der Waals surface area contributed by atoms with Crippen LogP contribution in [0.25, 0.3) is 0 Å². The van der Waals surface area contributed by atoms with Crippen LogP contribution in [0.1, 0.15) is 24.8 Å². The van der Waals surface area contributed by atoms with Crippen LogP contribution >= 0.6 is 15.9 Å². The number of hydrogen-bond acceptors (Lipinski definition) is 3. The van der Waals surface area contributed by atoms with E-state index >= 15 is 0 Å². The summed E-state index contributed by atoms with van der Waals surface area (Å²) in [4.78, 5) is 0. The summed E-state index contributed by atoms with van der Waals surface area (Å²) in [6.07, 6.45) is -2.08. The lowest BCUT2D eigenvalue weighted by atomic mass is 9.80. The molecule has 0 radical (unpaired) electrons. The molecule has 7 heteroatoms. The zero-order chi connectivity index (χ0) is 14.8. The second kappa shape index (κ2) is 5.91. The standard InChI is InChI=1S/C13H15BrF3NO2/c14-10-6-9(2-3-11(10)20-13(15,16)17)7-18-8-12(19)4-1-5-12/h2-3,6,18-19H,1,4-5,7-8H2. The van der Waals surface area contributed by atoms with Gasteiger partial charge in [-0.05, 0) is 52.9 Å². The third kappa shape index (κ3) is 4.36. The van der Waals surface area contributed by atoms with Crippen LogP contribution in [0.3, 0.4) is 0 Å². The summed E-state index contributed by atoms with van der Waals surface area (Å²) in [7, 11) is 0. The lowest BCUT2D eigenvalue weighted by molar-refractivity contribution is -0.274. The van der Waals surface area contributed by atoms with Crippen molar-refractivity contribution in [1.82, 2.24) is 5.32 Å². The molecule has 3 nitrogen and oxygen atoms in total. The summed E-state index contributed by atoms with van der Waals surface area (Å²) in [5.41, 5.74) is 0.200. The SMILES string of the molecule is OC1(CNCc2ccc(OC(F)(F)F)c(Br)c2)CCC1. The van der Waals surface area contributed by atoms with Gasteiger partial charge in [0.2, 0.25) is 0 Å². The van der Waals surface area contributed by atoms with E-state index in [2.05, 4.69) is 26.0 Å². The quantitative estimate of drug-likeness (QED) is 0.852. The maximum atomic E-state index is 12.1. The van der Waals surface area contributed by atoms with Gasteiger partial charge in [-0.2, -0.15) is 0 Å². The Morgan fingerprint density at radius 3 is 2.55 bits per heavy atom. The number of nitrogens with one attached hydrogen (secondary N) is 1. The van der Waals surface area contributed by atoms with Crippen LogP contribution in [-0.2, 0) is 6.54 Å². The van der Waals surface area contributed by atoms with E-state index in [0.717, 1.165) is 24.8 Å². The maximum absolute atomic E-state index is 12.1. The Labute approximate surface area is 123 Å². The molecule has 1 saturated carbocycles. The van der Waals surface area contributed by atoms with Crippen molar-refractivity contribution in [3.05, 3.63) is 28.2 Å². The lowest BCUT2D eigenvalue weighted by Gasteiger charge is -2.36. The zero-order valence-electron chi connectivity index (χ0n) is 10.6. The molecule has 0 atom stereocenters. The molecule has 1 aliphatic carbocycles.